The molecule has 0 atom stereocenters. The van der Waals surface area contributed by atoms with Crippen molar-refractivity contribution in [1.82, 2.24) is 9.66 Å². The predicted octanol–water partition coefficient (Wildman–Crippen LogP) is 1.68. The van der Waals surface area contributed by atoms with Crippen LogP contribution in [0.3, 0.4) is 0 Å². The van der Waals surface area contributed by atoms with E-state index in [9.17, 15) is 24.5 Å². The molecule has 0 fully saturated rings. The van der Waals surface area contributed by atoms with E-state index in [2.05, 4.69) is 15.7 Å². The summed E-state index contributed by atoms with van der Waals surface area (Å²) in [5, 5.41) is 13.4. The van der Waals surface area contributed by atoms with E-state index < -0.39 is 22.1 Å². The molecule has 132 valence electrons. The molecule has 0 aliphatic rings. The molecule has 0 unspecified atom stereocenters. The van der Waals surface area contributed by atoms with Gasteiger partial charge in [-0.2, -0.15) is 0 Å². The van der Waals surface area contributed by atoms with Gasteiger partial charge in [-0.1, -0.05) is 17.7 Å². The number of non-ortho nitro benzene ring substituents is 1. The van der Waals surface area contributed by atoms with Crippen LogP contribution in [-0.4, -0.2) is 20.6 Å². The molecule has 3 N–H and O–H groups in total. The summed E-state index contributed by atoms with van der Waals surface area (Å²) in [5.41, 5.74) is 1.62. The van der Waals surface area contributed by atoms with Crippen molar-refractivity contribution in [3.8, 4) is 0 Å². The number of rotatable bonds is 3. The number of nitro benzene ring substituents is 1. The number of nitro groups is 1. The van der Waals surface area contributed by atoms with Gasteiger partial charge in [0.2, 0.25) is 0 Å². The minimum absolute atomic E-state index is 0.0411. The molecule has 0 aliphatic heterocycles. The second-order valence-corrected chi connectivity index (χ2v) is 5.49. The third-order valence-corrected chi connectivity index (χ3v) is 3.60. The Hall–Kier alpha value is -3.95. The van der Waals surface area contributed by atoms with E-state index in [1.54, 1.807) is 24.3 Å². The molecule has 0 spiro atoms. The summed E-state index contributed by atoms with van der Waals surface area (Å²) < 4.78 is 0.738. The first kappa shape index (κ1) is 16.9. The number of nitrogens with one attached hydrogen (secondary N) is 3. The van der Waals surface area contributed by atoms with Crippen LogP contribution in [0.4, 0.5) is 16.2 Å². The van der Waals surface area contributed by atoms with Gasteiger partial charge in [-0.3, -0.25) is 19.7 Å². The normalized spacial score (nSPS) is 10.5. The van der Waals surface area contributed by atoms with E-state index >= 15 is 0 Å². The topological polar surface area (TPSA) is 139 Å². The Morgan fingerprint density at radius 3 is 2.50 bits per heavy atom. The van der Waals surface area contributed by atoms with Crippen molar-refractivity contribution in [3.63, 3.8) is 0 Å². The summed E-state index contributed by atoms with van der Waals surface area (Å²) in [4.78, 5) is 48.5. The molecular weight excluding hydrogens is 342 g/mol. The number of nitrogens with zero attached hydrogens (tertiary/aromatic N) is 2. The van der Waals surface area contributed by atoms with Crippen LogP contribution in [0, 0.1) is 17.0 Å². The average molecular weight is 355 g/mol. The highest BCUT2D eigenvalue weighted by Crippen LogP contribution is 2.17. The molecule has 2 aromatic carbocycles. The number of H-pyrrole nitrogens is 1. The van der Waals surface area contributed by atoms with Gasteiger partial charge in [0.05, 0.1) is 16.0 Å². The Morgan fingerprint density at radius 1 is 1.15 bits per heavy atom. The maximum Gasteiger partial charge on any atom is 0.338 e. The van der Waals surface area contributed by atoms with Crippen molar-refractivity contribution in [2.75, 3.05) is 10.7 Å². The fraction of sp³-hybridized carbons (Fsp3) is 0.0625. The molecule has 10 heteroatoms. The number of anilines is 1. The van der Waals surface area contributed by atoms with E-state index in [1.807, 2.05) is 6.92 Å². The van der Waals surface area contributed by atoms with Crippen LogP contribution in [0.25, 0.3) is 11.0 Å². The minimum atomic E-state index is -1.02. The SMILES string of the molecule is Cc1ccc(NC(=O)Nn2c(=O)c(=O)[nH]c3cc([N+](=O)[O-])ccc32)cc1. The Balaban J connectivity index is 1.98. The molecule has 0 bridgehead atoms. The fourth-order valence-corrected chi connectivity index (χ4v) is 2.33. The van der Waals surface area contributed by atoms with Crippen molar-refractivity contribution < 1.29 is 9.72 Å². The Bertz CT molecular complexity index is 1130. The molecule has 10 nitrogen and oxygen atoms in total. The molecule has 26 heavy (non-hydrogen) atoms. The second-order valence-electron chi connectivity index (χ2n) is 5.49. The highest BCUT2D eigenvalue weighted by atomic mass is 16.6. The Kier molecular flexibility index (Phi) is 4.23. The zero-order chi connectivity index (χ0) is 18.8. The van der Waals surface area contributed by atoms with Crippen LogP contribution in [0.5, 0.6) is 0 Å². The smallest absolute Gasteiger partial charge is 0.316 e. The van der Waals surface area contributed by atoms with Crippen molar-refractivity contribution in [3.05, 3.63) is 78.8 Å². The van der Waals surface area contributed by atoms with Crippen molar-refractivity contribution in [2.45, 2.75) is 6.92 Å². The number of aromatic nitrogens is 2. The first-order chi connectivity index (χ1) is 12.3. The molecule has 0 saturated carbocycles. The van der Waals surface area contributed by atoms with Gasteiger partial charge in [0.15, 0.2) is 0 Å². The van der Waals surface area contributed by atoms with E-state index in [0.29, 0.717) is 5.69 Å². The lowest BCUT2D eigenvalue weighted by molar-refractivity contribution is -0.384. The van der Waals surface area contributed by atoms with E-state index in [4.69, 9.17) is 0 Å². The molecule has 3 aromatic rings. The first-order valence-corrected chi connectivity index (χ1v) is 7.43. The lowest BCUT2D eigenvalue weighted by atomic mass is 10.2. The number of carbonyl (C=O) groups excluding carboxylic acids is 1. The lowest BCUT2D eigenvalue weighted by Crippen LogP contribution is -2.43. The van der Waals surface area contributed by atoms with E-state index in [1.165, 1.54) is 6.07 Å². The molecule has 1 heterocycles. The zero-order valence-electron chi connectivity index (χ0n) is 13.5. The van der Waals surface area contributed by atoms with E-state index in [0.717, 1.165) is 22.4 Å². The van der Waals surface area contributed by atoms with Gasteiger partial charge >= 0.3 is 17.1 Å². The maximum absolute atomic E-state index is 12.1. The number of carbonyl (C=O) groups is 1. The molecule has 3 rings (SSSR count). The van der Waals surface area contributed by atoms with Gasteiger partial charge in [-0.25, -0.2) is 14.9 Å². The molecule has 0 radical (unpaired) electrons. The molecule has 1 aromatic heterocycles. The van der Waals surface area contributed by atoms with Crippen LogP contribution >= 0.6 is 0 Å². The molecular formula is C16H13N5O5. The highest BCUT2D eigenvalue weighted by Gasteiger charge is 2.14. The van der Waals surface area contributed by atoms with Gasteiger partial charge in [0.25, 0.3) is 5.69 Å². The number of hydrogen-bond acceptors (Lipinski definition) is 5. The third-order valence-electron chi connectivity index (χ3n) is 3.60. The summed E-state index contributed by atoms with van der Waals surface area (Å²) in [5.74, 6) is 0. The lowest BCUT2D eigenvalue weighted by Gasteiger charge is -2.12. The van der Waals surface area contributed by atoms with Gasteiger partial charge in [0, 0.05) is 17.8 Å². The standard InChI is InChI=1S/C16H13N5O5/c1-9-2-4-10(5-3-9)17-16(24)19-20-13-7-6-11(21(25)26)8-12(13)18-14(22)15(20)23/h2-8H,1H3,(H,18,22)(H2,17,19,24). The highest BCUT2D eigenvalue weighted by molar-refractivity contribution is 5.96. The largest absolute Gasteiger partial charge is 0.338 e. The van der Waals surface area contributed by atoms with Crippen molar-refractivity contribution in [1.29, 1.82) is 0 Å². The van der Waals surface area contributed by atoms with Crippen LogP contribution in [0.1, 0.15) is 5.56 Å². The number of benzene rings is 2. The number of aryl methyl sites for hydroxylation is 1. The number of fused-ring (bicyclic) bond motifs is 1. The second kappa shape index (κ2) is 6.51. The number of aromatic amines is 1. The number of amides is 2. The quantitative estimate of drug-likeness (QED) is 0.373. The Labute approximate surface area is 145 Å². The van der Waals surface area contributed by atoms with Crippen LogP contribution in [-0.2, 0) is 0 Å². The fourth-order valence-electron chi connectivity index (χ4n) is 2.33. The monoisotopic (exact) mass is 355 g/mol. The summed E-state index contributed by atoms with van der Waals surface area (Å²) in [6.07, 6.45) is 0. The minimum Gasteiger partial charge on any atom is -0.316 e. The molecule has 2 amide bonds. The maximum atomic E-state index is 12.1. The number of hydrogen-bond donors (Lipinski definition) is 3. The van der Waals surface area contributed by atoms with E-state index in [-0.39, 0.29) is 16.7 Å². The third kappa shape index (κ3) is 3.29. The summed E-state index contributed by atoms with van der Waals surface area (Å²) in [6.45, 7) is 1.89. The van der Waals surface area contributed by atoms with Gasteiger partial charge in [-0.15, -0.1) is 0 Å². The van der Waals surface area contributed by atoms with Crippen molar-refractivity contribution >= 4 is 28.4 Å². The summed E-state index contributed by atoms with van der Waals surface area (Å²) >= 11 is 0. The van der Waals surface area contributed by atoms with Crippen LogP contribution in [0.15, 0.2) is 52.1 Å². The van der Waals surface area contributed by atoms with Crippen molar-refractivity contribution in [2.24, 2.45) is 0 Å². The first-order valence-electron chi connectivity index (χ1n) is 7.43. The van der Waals surface area contributed by atoms with Crippen LogP contribution in [0.2, 0.25) is 0 Å². The van der Waals surface area contributed by atoms with Crippen LogP contribution < -0.4 is 21.9 Å². The molecule has 0 aliphatic carbocycles. The number of urea groups is 1. The zero-order valence-corrected chi connectivity index (χ0v) is 13.5. The Morgan fingerprint density at radius 2 is 1.85 bits per heavy atom. The summed E-state index contributed by atoms with van der Waals surface area (Å²) in [6, 6.07) is 9.72. The van der Waals surface area contributed by atoms with Gasteiger partial charge in [0.1, 0.15) is 0 Å². The average Bonchev–Trinajstić information content (AvgIpc) is 2.60. The van der Waals surface area contributed by atoms with Gasteiger partial charge < -0.3 is 10.3 Å². The predicted molar refractivity (Wildman–Crippen MR) is 95.0 cm³/mol. The molecule has 0 saturated heterocycles. The summed E-state index contributed by atoms with van der Waals surface area (Å²) in [7, 11) is 0. The van der Waals surface area contributed by atoms with Gasteiger partial charge in [-0.05, 0) is 25.1 Å².